The number of nitrogens with one attached hydrogen (secondary N) is 1. The van der Waals surface area contributed by atoms with Crippen LogP contribution in [0.4, 0.5) is 5.13 Å². The number of rotatable bonds is 4. The molecular formula is C20H20N6O3S. The molecule has 1 aromatic carbocycles. The van der Waals surface area contributed by atoms with Gasteiger partial charge in [-0.25, -0.2) is 19.3 Å². The van der Waals surface area contributed by atoms with Crippen molar-refractivity contribution in [2.75, 3.05) is 5.32 Å². The Morgan fingerprint density at radius 1 is 1.17 bits per heavy atom. The Balaban J connectivity index is 1.58. The van der Waals surface area contributed by atoms with Gasteiger partial charge in [-0.15, -0.1) is 11.3 Å². The van der Waals surface area contributed by atoms with Gasteiger partial charge in [-0.3, -0.25) is 14.2 Å². The topological polar surface area (TPSA) is 104 Å². The molecule has 0 fully saturated rings. The smallest absolute Gasteiger partial charge is 0.328 e. The summed E-state index contributed by atoms with van der Waals surface area (Å²) < 4.78 is 3.69. The molecular weight excluding hydrogens is 404 g/mol. The molecule has 1 N–H and O–H groups in total. The van der Waals surface area contributed by atoms with Crippen LogP contribution in [0.5, 0.6) is 0 Å². The van der Waals surface area contributed by atoms with Crippen LogP contribution in [0, 0.1) is 13.8 Å². The number of amides is 1. The molecule has 1 amide bonds. The van der Waals surface area contributed by atoms with E-state index in [0.717, 1.165) is 21.4 Å². The Morgan fingerprint density at radius 3 is 2.67 bits per heavy atom. The van der Waals surface area contributed by atoms with Crippen molar-refractivity contribution in [1.29, 1.82) is 0 Å². The van der Waals surface area contributed by atoms with E-state index in [2.05, 4.69) is 15.3 Å². The summed E-state index contributed by atoms with van der Waals surface area (Å²) in [6, 6.07) is 6.05. The van der Waals surface area contributed by atoms with E-state index >= 15 is 0 Å². The standard InChI is InChI=1S/C20H20N6O3S/c1-11-5-6-13(7-12(11)2)14-9-30-19(22-14)23-15(27)8-26-18(28)16-17(21-10-24(16)3)25(4)20(26)29/h5-7,9-10H,8H2,1-4H3,(H,22,23,27). The van der Waals surface area contributed by atoms with E-state index in [9.17, 15) is 14.4 Å². The molecule has 0 aliphatic carbocycles. The lowest BCUT2D eigenvalue weighted by Crippen LogP contribution is -2.42. The molecule has 9 nitrogen and oxygen atoms in total. The fourth-order valence-corrected chi connectivity index (χ4v) is 3.94. The minimum atomic E-state index is -0.601. The van der Waals surface area contributed by atoms with E-state index in [1.165, 1.54) is 39.4 Å². The number of imidazole rings is 1. The van der Waals surface area contributed by atoms with Gasteiger partial charge in [0.1, 0.15) is 6.54 Å². The van der Waals surface area contributed by atoms with Gasteiger partial charge in [-0.2, -0.15) is 0 Å². The first kappa shape index (κ1) is 19.8. The van der Waals surface area contributed by atoms with Crippen LogP contribution >= 0.6 is 11.3 Å². The number of hydrogen-bond donors (Lipinski definition) is 1. The second-order valence-corrected chi connectivity index (χ2v) is 8.00. The molecule has 0 aliphatic rings. The van der Waals surface area contributed by atoms with Crippen LogP contribution in [-0.2, 0) is 25.4 Å². The average Bonchev–Trinajstić information content (AvgIpc) is 3.32. The van der Waals surface area contributed by atoms with Gasteiger partial charge in [-0.05, 0) is 31.0 Å². The second kappa shape index (κ2) is 7.38. The van der Waals surface area contributed by atoms with Gasteiger partial charge >= 0.3 is 5.69 Å². The van der Waals surface area contributed by atoms with Crippen LogP contribution < -0.4 is 16.6 Å². The van der Waals surface area contributed by atoms with E-state index in [0.29, 0.717) is 5.13 Å². The number of carbonyl (C=O) groups is 1. The largest absolute Gasteiger partial charge is 0.332 e. The maximum absolute atomic E-state index is 12.7. The summed E-state index contributed by atoms with van der Waals surface area (Å²) in [6.45, 7) is 3.66. The fraction of sp³-hybridized carbons (Fsp3) is 0.250. The van der Waals surface area contributed by atoms with Crippen molar-refractivity contribution >= 4 is 33.5 Å². The van der Waals surface area contributed by atoms with E-state index in [4.69, 9.17) is 0 Å². The van der Waals surface area contributed by atoms with Gasteiger partial charge in [0.05, 0.1) is 12.0 Å². The molecule has 0 atom stereocenters. The van der Waals surface area contributed by atoms with Crippen LogP contribution in [0.2, 0.25) is 0 Å². The molecule has 4 rings (SSSR count). The molecule has 0 spiro atoms. The van der Waals surface area contributed by atoms with E-state index in [1.807, 2.05) is 37.4 Å². The third-order valence-corrected chi connectivity index (χ3v) is 5.81. The normalized spacial score (nSPS) is 11.2. The lowest BCUT2D eigenvalue weighted by Gasteiger charge is -2.08. The van der Waals surface area contributed by atoms with Gasteiger partial charge in [0.25, 0.3) is 5.56 Å². The summed E-state index contributed by atoms with van der Waals surface area (Å²) in [5.74, 6) is -0.503. The van der Waals surface area contributed by atoms with Crippen molar-refractivity contribution in [3.05, 3.63) is 61.9 Å². The first-order valence-corrected chi connectivity index (χ1v) is 10.1. The van der Waals surface area contributed by atoms with Gasteiger partial charge in [0.2, 0.25) is 5.91 Å². The van der Waals surface area contributed by atoms with Crippen molar-refractivity contribution < 1.29 is 4.79 Å². The quantitative estimate of drug-likeness (QED) is 0.538. The number of aromatic nitrogens is 5. The SMILES string of the molecule is Cc1ccc(-c2csc(NC(=O)Cn3c(=O)c4c(ncn4C)n(C)c3=O)n2)cc1C. The third-order valence-electron chi connectivity index (χ3n) is 5.06. The van der Waals surface area contributed by atoms with E-state index < -0.39 is 23.7 Å². The van der Waals surface area contributed by atoms with Gasteiger partial charge in [-0.1, -0.05) is 12.1 Å². The van der Waals surface area contributed by atoms with Crippen LogP contribution in [-0.4, -0.2) is 29.6 Å². The summed E-state index contributed by atoms with van der Waals surface area (Å²) in [5.41, 5.74) is 3.45. The Hall–Kier alpha value is -3.53. The molecule has 0 radical (unpaired) electrons. The highest BCUT2D eigenvalue weighted by Gasteiger charge is 2.17. The fourth-order valence-electron chi connectivity index (χ4n) is 3.20. The summed E-state index contributed by atoms with van der Waals surface area (Å²) in [7, 11) is 3.18. The number of aryl methyl sites for hydroxylation is 4. The minimum absolute atomic E-state index is 0.260. The monoisotopic (exact) mass is 424 g/mol. The highest BCUT2D eigenvalue weighted by molar-refractivity contribution is 7.14. The molecule has 0 bridgehead atoms. The maximum Gasteiger partial charge on any atom is 0.332 e. The van der Waals surface area contributed by atoms with Crippen LogP contribution in [0.15, 0.2) is 39.5 Å². The highest BCUT2D eigenvalue weighted by atomic mass is 32.1. The first-order valence-electron chi connectivity index (χ1n) is 9.20. The number of benzene rings is 1. The van der Waals surface area contributed by atoms with Crippen molar-refractivity contribution in [3.63, 3.8) is 0 Å². The Morgan fingerprint density at radius 2 is 1.93 bits per heavy atom. The number of carbonyl (C=O) groups excluding carboxylic acids is 1. The predicted octanol–water partition coefficient (Wildman–Crippen LogP) is 1.81. The lowest BCUT2D eigenvalue weighted by atomic mass is 10.1. The zero-order valence-electron chi connectivity index (χ0n) is 17.0. The molecule has 3 aromatic heterocycles. The van der Waals surface area contributed by atoms with Crippen LogP contribution in [0.1, 0.15) is 11.1 Å². The number of nitrogens with zero attached hydrogens (tertiary/aromatic N) is 5. The molecule has 0 saturated heterocycles. The minimum Gasteiger partial charge on any atom is -0.328 e. The second-order valence-electron chi connectivity index (χ2n) is 7.15. The Labute approximate surface area is 175 Å². The molecule has 0 aliphatic heterocycles. The summed E-state index contributed by atoms with van der Waals surface area (Å²) >= 11 is 1.28. The molecule has 154 valence electrons. The van der Waals surface area contributed by atoms with Crippen molar-refractivity contribution in [2.45, 2.75) is 20.4 Å². The Bertz CT molecular complexity index is 1410. The van der Waals surface area contributed by atoms with E-state index in [1.54, 1.807) is 7.05 Å². The molecule has 10 heteroatoms. The van der Waals surface area contributed by atoms with Crippen molar-refractivity contribution in [3.8, 4) is 11.3 Å². The summed E-state index contributed by atoms with van der Waals surface area (Å²) in [4.78, 5) is 46.3. The number of anilines is 1. The summed E-state index contributed by atoms with van der Waals surface area (Å²) in [5, 5.41) is 4.93. The van der Waals surface area contributed by atoms with Crippen LogP contribution in [0.25, 0.3) is 22.4 Å². The predicted molar refractivity (Wildman–Crippen MR) is 116 cm³/mol. The van der Waals surface area contributed by atoms with Gasteiger partial charge in [0, 0.05) is 25.0 Å². The average molecular weight is 424 g/mol. The molecule has 0 saturated carbocycles. The molecule has 3 heterocycles. The third kappa shape index (κ3) is 3.35. The highest BCUT2D eigenvalue weighted by Crippen LogP contribution is 2.26. The van der Waals surface area contributed by atoms with Crippen molar-refractivity contribution in [1.82, 2.24) is 23.7 Å². The zero-order chi connectivity index (χ0) is 21.6. The number of hydrogen-bond acceptors (Lipinski definition) is 6. The summed E-state index contributed by atoms with van der Waals surface area (Å²) in [6.07, 6.45) is 1.46. The number of fused-ring (bicyclic) bond motifs is 1. The van der Waals surface area contributed by atoms with E-state index in [-0.39, 0.29) is 11.2 Å². The number of thiazole rings is 1. The molecule has 0 unspecified atom stereocenters. The zero-order valence-corrected chi connectivity index (χ0v) is 17.8. The maximum atomic E-state index is 12.7. The van der Waals surface area contributed by atoms with Gasteiger partial charge < -0.3 is 9.88 Å². The first-order chi connectivity index (χ1) is 14.3. The molecule has 30 heavy (non-hydrogen) atoms. The van der Waals surface area contributed by atoms with Gasteiger partial charge in [0.15, 0.2) is 16.3 Å². The lowest BCUT2D eigenvalue weighted by molar-refractivity contribution is -0.116. The van der Waals surface area contributed by atoms with Crippen molar-refractivity contribution in [2.24, 2.45) is 14.1 Å². The Kier molecular flexibility index (Phi) is 4.86. The molecule has 4 aromatic rings. The van der Waals surface area contributed by atoms with Crippen LogP contribution in [0.3, 0.4) is 0 Å².